The molecule has 1 aromatic heterocycles. The third-order valence-electron chi connectivity index (χ3n) is 5.66. The van der Waals surface area contributed by atoms with Crippen molar-refractivity contribution in [2.75, 3.05) is 13.2 Å². The summed E-state index contributed by atoms with van der Waals surface area (Å²) in [5.41, 5.74) is 3.37. The van der Waals surface area contributed by atoms with Gasteiger partial charge in [-0.3, -0.25) is 9.59 Å². The number of aryl methyl sites for hydroxylation is 2. The lowest BCUT2D eigenvalue weighted by atomic mass is 9.96. The molecule has 1 amide bonds. The summed E-state index contributed by atoms with van der Waals surface area (Å²) in [6.07, 6.45) is 4.19. The van der Waals surface area contributed by atoms with Crippen LogP contribution in [0, 0.1) is 6.92 Å². The number of benzene rings is 2. The molecule has 0 radical (unpaired) electrons. The van der Waals surface area contributed by atoms with Gasteiger partial charge in [-0.1, -0.05) is 60.2 Å². The maximum absolute atomic E-state index is 12.1. The second kappa shape index (κ2) is 9.16. The molecule has 1 heterocycles. The maximum Gasteiger partial charge on any atom is 0.306 e. The summed E-state index contributed by atoms with van der Waals surface area (Å²) < 4.78 is 10.8. The highest BCUT2D eigenvalue weighted by Crippen LogP contribution is 2.47. The Morgan fingerprint density at radius 1 is 1.10 bits per heavy atom. The van der Waals surface area contributed by atoms with Crippen molar-refractivity contribution in [1.82, 2.24) is 10.3 Å². The fourth-order valence-corrected chi connectivity index (χ4v) is 3.53. The fraction of sp³-hybridized carbons (Fsp3) is 0.320. The Labute approximate surface area is 181 Å². The first kappa shape index (κ1) is 20.8. The Bertz CT molecular complexity index is 1040. The molecule has 1 aliphatic rings. The minimum Gasteiger partial charge on any atom is -0.456 e. The lowest BCUT2D eigenvalue weighted by Crippen LogP contribution is -2.35. The van der Waals surface area contributed by atoms with Crippen LogP contribution < -0.4 is 5.32 Å². The molecule has 4 rings (SSSR count). The summed E-state index contributed by atoms with van der Waals surface area (Å²) in [5, 5.41) is 2.89. The Kier molecular flexibility index (Phi) is 6.16. The minimum atomic E-state index is -0.450. The van der Waals surface area contributed by atoms with E-state index in [2.05, 4.69) is 22.4 Å². The van der Waals surface area contributed by atoms with Gasteiger partial charge in [0.25, 0.3) is 5.91 Å². The Hall–Kier alpha value is -3.41. The summed E-state index contributed by atoms with van der Waals surface area (Å²) in [6.45, 7) is 2.31. The average molecular weight is 418 g/mol. The largest absolute Gasteiger partial charge is 0.456 e. The summed E-state index contributed by atoms with van der Waals surface area (Å²) in [5.74, 6) is 0.397. The first-order chi connectivity index (χ1) is 15.0. The molecule has 0 atom stereocenters. The molecule has 160 valence electrons. The van der Waals surface area contributed by atoms with E-state index in [0.717, 1.165) is 18.4 Å². The highest BCUT2D eigenvalue weighted by molar-refractivity contribution is 5.80. The van der Waals surface area contributed by atoms with Crippen LogP contribution >= 0.6 is 0 Å². The van der Waals surface area contributed by atoms with Gasteiger partial charge in [-0.15, -0.1) is 0 Å². The summed E-state index contributed by atoms with van der Waals surface area (Å²) in [7, 11) is 0. The van der Waals surface area contributed by atoms with Gasteiger partial charge in [-0.2, -0.15) is 0 Å². The molecule has 0 bridgehead atoms. The quantitative estimate of drug-likeness (QED) is 0.532. The second-order valence-electron chi connectivity index (χ2n) is 8.07. The van der Waals surface area contributed by atoms with Gasteiger partial charge in [0.2, 0.25) is 0 Å². The number of aromatic nitrogens is 1. The van der Waals surface area contributed by atoms with Gasteiger partial charge in [0.15, 0.2) is 18.3 Å². The van der Waals surface area contributed by atoms with Gasteiger partial charge in [0.1, 0.15) is 0 Å². The van der Waals surface area contributed by atoms with Crippen LogP contribution in [0.2, 0.25) is 0 Å². The van der Waals surface area contributed by atoms with Crippen LogP contribution in [0.5, 0.6) is 0 Å². The molecule has 0 saturated heterocycles. The number of nitrogens with one attached hydrogen (secondary N) is 1. The molecular formula is C25H26N2O4. The number of rotatable bonds is 9. The van der Waals surface area contributed by atoms with Crippen LogP contribution in [-0.4, -0.2) is 30.0 Å². The summed E-state index contributed by atoms with van der Waals surface area (Å²) >= 11 is 0. The summed E-state index contributed by atoms with van der Waals surface area (Å²) in [6, 6.07) is 18.1. The number of carbonyl (C=O) groups is 2. The standard InChI is InChI=1S/C25H26N2O4/c1-18-7-9-19(10-8-18)21-15-26-23(31-21)11-12-24(29)30-16-22(28)27-17-25(13-14-25)20-5-3-2-4-6-20/h2-10,15H,11-14,16-17H2,1H3,(H,27,28). The summed E-state index contributed by atoms with van der Waals surface area (Å²) in [4.78, 5) is 28.3. The molecule has 1 N–H and O–H groups in total. The van der Waals surface area contributed by atoms with E-state index in [1.807, 2.05) is 49.4 Å². The van der Waals surface area contributed by atoms with Gasteiger partial charge in [-0.05, 0) is 25.3 Å². The Morgan fingerprint density at radius 3 is 2.55 bits per heavy atom. The van der Waals surface area contributed by atoms with Gasteiger partial charge < -0.3 is 14.5 Å². The van der Waals surface area contributed by atoms with E-state index in [1.165, 1.54) is 11.1 Å². The van der Waals surface area contributed by atoms with Crippen molar-refractivity contribution in [1.29, 1.82) is 0 Å². The monoisotopic (exact) mass is 418 g/mol. The van der Waals surface area contributed by atoms with Crippen LogP contribution in [0.1, 0.15) is 36.3 Å². The van der Waals surface area contributed by atoms with Crippen molar-refractivity contribution in [2.45, 2.75) is 38.0 Å². The van der Waals surface area contributed by atoms with Crippen LogP contribution in [0.3, 0.4) is 0 Å². The molecule has 2 aromatic carbocycles. The Balaban J connectivity index is 1.18. The van der Waals surface area contributed by atoms with E-state index in [0.29, 0.717) is 24.6 Å². The lowest BCUT2D eigenvalue weighted by molar-refractivity contribution is -0.148. The number of esters is 1. The fourth-order valence-electron chi connectivity index (χ4n) is 3.53. The number of hydrogen-bond acceptors (Lipinski definition) is 5. The predicted octanol–water partition coefficient (Wildman–Crippen LogP) is 3.97. The first-order valence-corrected chi connectivity index (χ1v) is 10.5. The van der Waals surface area contributed by atoms with E-state index in [-0.39, 0.29) is 24.3 Å². The molecule has 6 nitrogen and oxygen atoms in total. The smallest absolute Gasteiger partial charge is 0.306 e. The maximum atomic E-state index is 12.1. The van der Waals surface area contributed by atoms with Crippen LogP contribution in [0.15, 0.2) is 65.2 Å². The highest BCUT2D eigenvalue weighted by Gasteiger charge is 2.44. The van der Waals surface area contributed by atoms with Gasteiger partial charge in [0, 0.05) is 23.9 Å². The topological polar surface area (TPSA) is 81.4 Å². The van der Waals surface area contributed by atoms with Gasteiger partial charge >= 0.3 is 5.97 Å². The molecule has 0 aliphatic heterocycles. The van der Waals surface area contributed by atoms with E-state index in [4.69, 9.17) is 9.15 Å². The number of hydrogen-bond donors (Lipinski definition) is 1. The lowest BCUT2D eigenvalue weighted by Gasteiger charge is -2.16. The molecule has 6 heteroatoms. The predicted molar refractivity (Wildman–Crippen MR) is 116 cm³/mol. The van der Waals surface area contributed by atoms with Crippen LogP contribution in [0.4, 0.5) is 0 Å². The molecule has 0 spiro atoms. The normalized spacial score (nSPS) is 14.1. The second-order valence-corrected chi connectivity index (χ2v) is 8.07. The number of ether oxygens (including phenoxy) is 1. The van der Waals surface area contributed by atoms with Crippen molar-refractivity contribution in [2.24, 2.45) is 0 Å². The minimum absolute atomic E-state index is 0.0288. The zero-order valence-corrected chi connectivity index (χ0v) is 17.6. The van der Waals surface area contributed by atoms with E-state index < -0.39 is 5.97 Å². The molecule has 1 fully saturated rings. The number of carbonyl (C=O) groups excluding carboxylic acids is 2. The van der Waals surface area contributed by atoms with Crippen LogP contribution in [-0.2, 0) is 26.2 Å². The number of nitrogens with zero attached hydrogens (tertiary/aromatic N) is 1. The first-order valence-electron chi connectivity index (χ1n) is 10.5. The SMILES string of the molecule is Cc1ccc(-c2cnc(CCC(=O)OCC(=O)NCC3(c4ccccc4)CC3)o2)cc1. The van der Waals surface area contributed by atoms with Crippen molar-refractivity contribution in [3.63, 3.8) is 0 Å². The molecule has 31 heavy (non-hydrogen) atoms. The zero-order chi connectivity index (χ0) is 21.7. The van der Waals surface area contributed by atoms with E-state index in [1.54, 1.807) is 6.20 Å². The number of amides is 1. The van der Waals surface area contributed by atoms with Crippen molar-refractivity contribution < 1.29 is 18.7 Å². The third-order valence-corrected chi connectivity index (χ3v) is 5.66. The Morgan fingerprint density at radius 2 is 1.84 bits per heavy atom. The van der Waals surface area contributed by atoms with Crippen molar-refractivity contribution in [3.05, 3.63) is 77.8 Å². The van der Waals surface area contributed by atoms with Crippen molar-refractivity contribution >= 4 is 11.9 Å². The third kappa shape index (κ3) is 5.40. The molecule has 0 unspecified atom stereocenters. The average Bonchev–Trinajstić information content (AvgIpc) is 3.45. The van der Waals surface area contributed by atoms with Gasteiger partial charge in [-0.25, -0.2) is 4.98 Å². The molecule has 1 aliphatic carbocycles. The van der Waals surface area contributed by atoms with Crippen LogP contribution in [0.25, 0.3) is 11.3 Å². The molecule has 3 aromatic rings. The van der Waals surface area contributed by atoms with E-state index in [9.17, 15) is 9.59 Å². The van der Waals surface area contributed by atoms with Crippen molar-refractivity contribution in [3.8, 4) is 11.3 Å². The zero-order valence-electron chi connectivity index (χ0n) is 17.6. The van der Waals surface area contributed by atoms with E-state index >= 15 is 0 Å². The number of oxazole rings is 1. The molecular weight excluding hydrogens is 392 g/mol. The molecule has 1 saturated carbocycles. The van der Waals surface area contributed by atoms with Gasteiger partial charge in [0.05, 0.1) is 12.6 Å². The highest BCUT2D eigenvalue weighted by atomic mass is 16.5.